The van der Waals surface area contributed by atoms with Crippen LogP contribution in [0.25, 0.3) is 0 Å². The Bertz CT molecular complexity index is 494. The maximum Gasteiger partial charge on any atom is 0.239 e. The number of carbonyl (C=O) groups is 2. The minimum absolute atomic E-state index is 0.0290. The lowest BCUT2D eigenvalue weighted by Crippen LogP contribution is -2.39. The monoisotopic (exact) mass is 344 g/mol. The fourth-order valence-electron chi connectivity index (χ4n) is 1.58. The molecule has 0 aliphatic carbocycles. The van der Waals surface area contributed by atoms with E-state index in [4.69, 9.17) is 0 Å². The van der Waals surface area contributed by atoms with E-state index in [9.17, 15) is 14.0 Å². The number of halogens is 2. The lowest BCUT2D eigenvalue weighted by Gasteiger charge is -2.16. The van der Waals surface area contributed by atoms with Crippen LogP contribution in [0.3, 0.4) is 0 Å². The van der Waals surface area contributed by atoms with Gasteiger partial charge in [0.05, 0.1) is 17.4 Å². The molecule has 0 aliphatic rings. The minimum Gasteiger partial charge on any atom is -0.355 e. The summed E-state index contributed by atoms with van der Waals surface area (Å²) < 4.78 is 13.4. The zero-order chi connectivity index (χ0) is 15.1. The second-order valence-electron chi connectivity index (χ2n) is 4.52. The van der Waals surface area contributed by atoms with E-state index < -0.39 is 0 Å². The highest BCUT2D eigenvalue weighted by Crippen LogP contribution is 2.17. The van der Waals surface area contributed by atoms with Crippen LogP contribution in [-0.4, -0.2) is 36.9 Å². The Morgan fingerprint density at radius 1 is 1.40 bits per heavy atom. The van der Waals surface area contributed by atoms with Crippen molar-refractivity contribution in [3.05, 3.63) is 34.1 Å². The van der Waals surface area contributed by atoms with Crippen LogP contribution >= 0.6 is 15.9 Å². The highest BCUT2D eigenvalue weighted by atomic mass is 79.9. The molecule has 0 heterocycles. The largest absolute Gasteiger partial charge is 0.355 e. The van der Waals surface area contributed by atoms with Crippen LogP contribution in [0.5, 0.6) is 0 Å². The second kappa shape index (κ2) is 7.99. The van der Waals surface area contributed by atoms with E-state index in [1.165, 1.54) is 11.0 Å². The van der Waals surface area contributed by atoms with Crippen LogP contribution < -0.4 is 5.32 Å². The van der Waals surface area contributed by atoms with Gasteiger partial charge in [0.2, 0.25) is 11.8 Å². The van der Waals surface area contributed by atoms with Crippen LogP contribution in [-0.2, 0) is 16.0 Å². The molecule has 1 rings (SSSR count). The molecule has 0 saturated heterocycles. The normalized spacial score (nSPS) is 10.2. The Labute approximate surface area is 126 Å². The summed E-state index contributed by atoms with van der Waals surface area (Å²) in [4.78, 5) is 24.8. The molecule has 0 unspecified atom stereocenters. The van der Waals surface area contributed by atoms with Crippen LogP contribution in [0.4, 0.5) is 4.39 Å². The lowest BCUT2D eigenvalue weighted by atomic mass is 10.1. The van der Waals surface area contributed by atoms with Gasteiger partial charge in [-0.15, -0.1) is 0 Å². The van der Waals surface area contributed by atoms with Crippen molar-refractivity contribution in [2.45, 2.75) is 19.8 Å². The summed E-state index contributed by atoms with van der Waals surface area (Å²) in [6.07, 6.45) is 0.990. The average Bonchev–Trinajstić information content (AvgIpc) is 2.40. The van der Waals surface area contributed by atoms with Gasteiger partial charge in [0.1, 0.15) is 5.82 Å². The van der Waals surface area contributed by atoms with Crippen molar-refractivity contribution >= 4 is 27.7 Å². The Kier molecular flexibility index (Phi) is 6.64. The minimum atomic E-state index is -0.367. The number of hydrogen-bond acceptors (Lipinski definition) is 2. The molecule has 0 aromatic heterocycles. The first-order valence-corrected chi connectivity index (χ1v) is 7.18. The molecule has 110 valence electrons. The van der Waals surface area contributed by atoms with E-state index in [0.717, 1.165) is 6.42 Å². The van der Waals surface area contributed by atoms with Gasteiger partial charge in [-0.25, -0.2) is 4.39 Å². The van der Waals surface area contributed by atoms with Gasteiger partial charge in [-0.2, -0.15) is 0 Å². The van der Waals surface area contributed by atoms with E-state index in [-0.39, 0.29) is 30.6 Å². The molecular weight excluding hydrogens is 327 g/mol. The topological polar surface area (TPSA) is 49.4 Å². The summed E-state index contributed by atoms with van der Waals surface area (Å²) in [6, 6.07) is 4.43. The number of hydrogen-bond donors (Lipinski definition) is 1. The number of amides is 2. The van der Waals surface area contributed by atoms with Crippen LogP contribution in [0.15, 0.2) is 22.7 Å². The summed E-state index contributed by atoms with van der Waals surface area (Å²) in [6.45, 7) is 2.59. The first-order chi connectivity index (χ1) is 9.43. The fourth-order valence-corrected chi connectivity index (χ4v) is 2.01. The highest BCUT2D eigenvalue weighted by molar-refractivity contribution is 9.10. The van der Waals surface area contributed by atoms with E-state index in [2.05, 4.69) is 21.2 Å². The molecule has 0 radical (unpaired) electrons. The second-order valence-corrected chi connectivity index (χ2v) is 5.38. The molecule has 0 saturated carbocycles. The molecule has 0 spiro atoms. The van der Waals surface area contributed by atoms with E-state index in [1.807, 2.05) is 6.92 Å². The molecule has 20 heavy (non-hydrogen) atoms. The van der Waals surface area contributed by atoms with Gasteiger partial charge in [0.15, 0.2) is 0 Å². The summed E-state index contributed by atoms with van der Waals surface area (Å²) in [5.41, 5.74) is 0.698. The Morgan fingerprint density at radius 2 is 2.10 bits per heavy atom. The van der Waals surface area contributed by atoms with Crippen molar-refractivity contribution in [1.29, 1.82) is 0 Å². The van der Waals surface area contributed by atoms with Crippen molar-refractivity contribution in [3.63, 3.8) is 0 Å². The standard InChI is InChI=1S/C14H18BrFN2O2/c1-3-6-17-13(19)9-18(2)14(20)8-10-4-5-12(16)11(15)7-10/h4-5,7H,3,6,8-9H2,1-2H3,(H,17,19). The molecular formula is C14H18BrFN2O2. The van der Waals surface area contributed by atoms with Crippen molar-refractivity contribution in [1.82, 2.24) is 10.2 Å². The summed E-state index contributed by atoms with van der Waals surface area (Å²) in [5, 5.41) is 2.71. The van der Waals surface area contributed by atoms with Crippen molar-refractivity contribution < 1.29 is 14.0 Å². The van der Waals surface area contributed by atoms with Crippen molar-refractivity contribution in [3.8, 4) is 0 Å². The van der Waals surface area contributed by atoms with E-state index >= 15 is 0 Å². The molecule has 1 N–H and O–H groups in total. The zero-order valence-corrected chi connectivity index (χ0v) is 13.2. The maximum atomic E-state index is 13.1. The molecule has 1 aromatic rings. The quantitative estimate of drug-likeness (QED) is 0.859. The molecule has 4 nitrogen and oxygen atoms in total. The third-order valence-corrected chi connectivity index (χ3v) is 3.33. The van der Waals surface area contributed by atoms with Crippen LogP contribution in [0, 0.1) is 5.82 Å². The highest BCUT2D eigenvalue weighted by Gasteiger charge is 2.13. The Balaban J connectivity index is 2.52. The van der Waals surface area contributed by atoms with E-state index in [1.54, 1.807) is 19.2 Å². The number of nitrogens with zero attached hydrogens (tertiary/aromatic N) is 1. The van der Waals surface area contributed by atoms with Gasteiger partial charge in [-0.05, 0) is 40.0 Å². The lowest BCUT2D eigenvalue weighted by molar-refractivity contribution is -0.134. The first-order valence-electron chi connectivity index (χ1n) is 6.38. The molecule has 0 aliphatic heterocycles. The molecule has 2 amide bonds. The van der Waals surface area contributed by atoms with Crippen LogP contribution in [0.1, 0.15) is 18.9 Å². The third-order valence-electron chi connectivity index (χ3n) is 2.72. The number of rotatable bonds is 6. The Morgan fingerprint density at radius 3 is 2.70 bits per heavy atom. The van der Waals surface area contributed by atoms with Gasteiger partial charge in [-0.3, -0.25) is 9.59 Å². The van der Waals surface area contributed by atoms with E-state index in [0.29, 0.717) is 16.6 Å². The van der Waals surface area contributed by atoms with Crippen LogP contribution in [0.2, 0.25) is 0 Å². The van der Waals surface area contributed by atoms with Gasteiger partial charge in [0, 0.05) is 13.6 Å². The molecule has 0 atom stereocenters. The number of nitrogens with one attached hydrogen (secondary N) is 1. The maximum absolute atomic E-state index is 13.1. The number of benzene rings is 1. The molecule has 0 fully saturated rings. The smallest absolute Gasteiger partial charge is 0.239 e. The molecule has 1 aromatic carbocycles. The van der Waals surface area contributed by atoms with Gasteiger partial charge < -0.3 is 10.2 Å². The molecule has 6 heteroatoms. The summed E-state index contributed by atoms with van der Waals surface area (Å²) in [5.74, 6) is -0.730. The van der Waals surface area contributed by atoms with Crippen molar-refractivity contribution in [2.24, 2.45) is 0 Å². The van der Waals surface area contributed by atoms with Crippen molar-refractivity contribution in [2.75, 3.05) is 20.1 Å². The summed E-state index contributed by atoms with van der Waals surface area (Å²) in [7, 11) is 1.58. The fraction of sp³-hybridized carbons (Fsp3) is 0.429. The summed E-state index contributed by atoms with van der Waals surface area (Å²) >= 11 is 3.08. The number of carbonyl (C=O) groups excluding carboxylic acids is 2. The Hall–Kier alpha value is -1.43. The van der Waals surface area contributed by atoms with Gasteiger partial charge >= 0.3 is 0 Å². The molecule has 0 bridgehead atoms. The average molecular weight is 345 g/mol. The van der Waals surface area contributed by atoms with Gasteiger partial charge in [0.25, 0.3) is 0 Å². The number of likely N-dealkylation sites (N-methyl/N-ethyl adjacent to an activating group) is 1. The predicted octanol–water partition coefficient (Wildman–Crippen LogP) is 2.12. The predicted molar refractivity (Wildman–Crippen MR) is 78.7 cm³/mol. The van der Waals surface area contributed by atoms with Gasteiger partial charge in [-0.1, -0.05) is 13.0 Å². The SMILES string of the molecule is CCCNC(=O)CN(C)C(=O)Cc1ccc(F)c(Br)c1. The first kappa shape index (κ1) is 16.6. The zero-order valence-electron chi connectivity index (χ0n) is 11.6. The third kappa shape index (κ3) is 5.28.